The third-order valence-electron chi connectivity index (χ3n) is 6.19. The SMILES string of the molecule is Cc1cc(N(C2CC2)C2CCN(CC3CCC(=O)N(C)C3)CC2)ncn1. The molecule has 1 aliphatic carbocycles. The maximum absolute atomic E-state index is 11.7. The van der Waals surface area contributed by atoms with Crippen LogP contribution in [0.2, 0.25) is 0 Å². The van der Waals surface area contributed by atoms with Crippen molar-refractivity contribution in [1.29, 1.82) is 0 Å². The fraction of sp³-hybridized carbons (Fsp3) is 0.750. The van der Waals surface area contributed by atoms with Gasteiger partial charge in [-0.15, -0.1) is 0 Å². The van der Waals surface area contributed by atoms with Crippen LogP contribution < -0.4 is 4.90 Å². The maximum atomic E-state index is 11.7. The first-order valence-electron chi connectivity index (χ1n) is 10.1. The molecule has 3 aliphatic rings. The number of piperidine rings is 2. The van der Waals surface area contributed by atoms with Crippen molar-refractivity contribution in [2.75, 3.05) is 38.1 Å². The van der Waals surface area contributed by atoms with Crippen LogP contribution in [0.3, 0.4) is 0 Å². The number of likely N-dealkylation sites (tertiary alicyclic amines) is 2. The van der Waals surface area contributed by atoms with E-state index < -0.39 is 0 Å². The number of anilines is 1. The highest BCUT2D eigenvalue weighted by molar-refractivity contribution is 5.76. The third kappa shape index (κ3) is 4.00. The van der Waals surface area contributed by atoms with Crippen LogP contribution in [0.1, 0.15) is 44.2 Å². The van der Waals surface area contributed by atoms with Crippen molar-refractivity contribution in [1.82, 2.24) is 19.8 Å². The summed E-state index contributed by atoms with van der Waals surface area (Å²) in [6, 6.07) is 3.42. The molecule has 1 aromatic heterocycles. The molecule has 1 saturated carbocycles. The smallest absolute Gasteiger partial charge is 0.222 e. The van der Waals surface area contributed by atoms with E-state index in [1.165, 1.54) is 25.7 Å². The predicted molar refractivity (Wildman–Crippen MR) is 102 cm³/mol. The molecule has 4 rings (SSSR count). The van der Waals surface area contributed by atoms with Crippen LogP contribution in [0.25, 0.3) is 0 Å². The van der Waals surface area contributed by atoms with E-state index in [2.05, 4.69) is 25.8 Å². The Morgan fingerprint density at radius 1 is 1.12 bits per heavy atom. The van der Waals surface area contributed by atoms with E-state index >= 15 is 0 Å². The van der Waals surface area contributed by atoms with Gasteiger partial charge in [0.2, 0.25) is 5.91 Å². The van der Waals surface area contributed by atoms with Crippen LogP contribution in [-0.4, -0.2) is 71.0 Å². The molecule has 0 bridgehead atoms. The fourth-order valence-corrected chi connectivity index (χ4v) is 4.60. The summed E-state index contributed by atoms with van der Waals surface area (Å²) in [6.45, 7) is 6.43. The number of amides is 1. The molecule has 6 heteroatoms. The van der Waals surface area contributed by atoms with Crippen molar-refractivity contribution < 1.29 is 4.79 Å². The fourth-order valence-electron chi connectivity index (χ4n) is 4.60. The Kier molecular flexibility index (Phi) is 5.11. The van der Waals surface area contributed by atoms with Gasteiger partial charge in [0.25, 0.3) is 0 Å². The van der Waals surface area contributed by atoms with Gasteiger partial charge in [-0.25, -0.2) is 9.97 Å². The number of carbonyl (C=O) groups is 1. The van der Waals surface area contributed by atoms with Crippen molar-refractivity contribution in [2.45, 2.75) is 57.5 Å². The largest absolute Gasteiger partial charge is 0.350 e. The van der Waals surface area contributed by atoms with Crippen molar-refractivity contribution in [3.63, 3.8) is 0 Å². The van der Waals surface area contributed by atoms with Gasteiger partial charge in [-0.2, -0.15) is 0 Å². The number of carbonyl (C=O) groups excluding carboxylic acids is 1. The molecule has 2 aliphatic heterocycles. The van der Waals surface area contributed by atoms with Gasteiger partial charge in [0.05, 0.1) is 0 Å². The Balaban J connectivity index is 1.33. The van der Waals surface area contributed by atoms with Gasteiger partial charge in [-0.3, -0.25) is 4.79 Å². The normalized spacial score (nSPS) is 25.5. The van der Waals surface area contributed by atoms with E-state index in [4.69, 9.17) is 0 Å². The number of hydrogen-bond donors (Lipinski definition) is 0. The Bertz CT molecular complexity index is 639. The van der Waals surface area contributed by atoms with Crippen LogP contribution in [-0.2, 0) is 4.79 Å². The van der Waals surface area contributed by atoms with E-state index in [1.54, 1.807) is 6.33 Å². The van der Waals surface area contributed by atoms with Gasteiger partial charge in [-0.05, 0) is 44.9 Å². The van der Waals surface area contributed by atoms with E-state index in [-0.39, 0.29) is 0 Å². The molecule has 26 heavy (non-hydrogen) atoms. The Hall–Kier alpha value is -1.69. The monoisotopic (exact) mass is 357 g/mol. The molecular weight excluding hydrogens is 326 g/mol. The molecule has 0 spiro atoms. The minimum atomic E-state index is 0.306. The van der Waals surface area contributed by atoms with Crippen molar-refractivity contribution in [3.05, 3.63) is 18.1 Å². The van der Waals surface area contributed by atoms with Gasteiger partial charge in [-0.1, -0.05) is 0 Å². The Labute approximate surface area is 156 Å². The summed E-state index contributed by atoms with van der Waals surface area (Å²) in [4.78, 5) is 27.6. The highest BCUT2D eigenvalue weighted by Gasteiger charge is 2.37. The topological polar surface area (TPSA) is 52.6 Å². The molecule has 3 heterocycles. The number of aryl methyl sites for hydroxylation is 1. The first-order chi connectivity index (χ1) is 12.6. The second-order valence-electron chi connectivity index (χ2n) is 8.37. The predicted octanol–water partition coefficient (Wildman–Crippen LogP) is 2.09. The summed E-state index contributed by atoms with van der Waals surface area (Å²) in [6.07, 6.45) is 8.49. The zero-order valence-corrected chi connectivity index (χ0v) is 16.1. The van der Waals surface area contributed by atoms with E-state index in [0.29, 0.717) is 23.9 Å². The first-order valence-corrected chi connectivity index (χ1v) is 10.1. The number of rotatable bonds is 5. The lowest BCUT2D eigenvalue weighted by molar-refractivity contribution is -0.133. The standard InChI is InChI=1S/C20H31N5O/c1-15-11-19(22-14-21-15)25(17-4-5-17)18-7-9-24(10-8-18)13-16-3-6-20(26)23(2)12-16/h11,14,16-18H,3-10,12-13H2,1-2H3. The molecule has 1 amide bonds. The molecule has 1 atom stereocenters. The van der Waals surface area contributed by atoms with Crippen LogP contribution in [0.15, 0.2) is 12.4 Å². The summed E-state index contributed by atoms with van der Waals surface area (Å²) in [5.41, 5.74) is 1.05. The average Bonchev–Trinajstić information content (AvgIpc) is 3.45. The second-order valence-corrected chi connectivity index (χ2v) is 8.37. The molecular formula is C20H31N5O. The van der Waals surface area contributed by atoms with Gasteiger partial charge in [0, 0.05) is 63.5 Å². The van der Waals surface area contributed by atoms with Crippen molar-refractivity contribution >= 4 is 11.7 Å². The summed E-state index contributed by atoms with van der Waals surface area (Å²) in [5.74, 6) is 2.06. The maximum Gasteiger partial charge on any atom is 0.222 e. The lowest BCUT2D eigenvalue weighted by atomic mass is 9.95. The van der Waals surface area contributed by atoms with Crippen molar-refractivity contribution in [2.24, 2.45) is 5.92 Å². The summed E-state index contributed by atoms with van der Waals surface area (Å²) in [7, 11) is 1.94. The highest BCUT2D eigenvalue weighted by Crippen LogP contribution is 2.35. The quantitative estimate of drug-likeness (QED) is 0.808. The lowest BCUT2D eigenvalue weighted by Gasteiger charge is -2.41. The average molecular weight is 358 g/mol. The summed E-state index contributed by atoms with van der Waals surface area (Å²) < 4.78 is 0. The number of hydrogen-bond acceptors (Lipinski definition) is 5. The van der Waals surface area contributed by atoms with Gasteiger partial charge in [0.1, 0.15) is 12.1 Å². The van der Waals surface area contributed by atoms with E-state index in [0.717, 1.165) is 50.5 Å². The molecule has 1 aromatic rings. The minimum absolute atomic E-state index is 0.306. The van der Waals surface area contributed by atoms with E-state index in [9.17, 15) is 4.79 Å². The zero-order chi connectivity index (χ0) is 18.1. The molecule has 0 radical (unpaired) electrons. The zero-order valence-electron chi connectivity index (χ0n) is 16.1. The summed E-state index contributed by atoms with van der Waals surface area (Å²) in [5, 5.41) is 0. The molecule has 0 aromatic carbocycles. The Morgan fingerprint density at radius 2 is 1.85 bits per heavy atom. The van der Waals surface area contributed by atoms with Gasteiger partial charge >= 0.3 is 0 Å². The molecule has 1 unspecified atom stereocenters. The first kappa shape index (κ1) is 17.7. The Morgan fingerprint density at radius 3 is 2.50 bits per heavy atom. The van der Waals surface area contributed by atoms with Crippen LogP contribution in [0.5, 0.6) is 0 Å². The number of aromatic nitrogens is 2. The van der Waals surface area contributed by atoms with Crippen molar-refractivity contribution in [3.8, 4) is 0 Å². The highest BCUT2D eigenvalue weighted by atomic mass is 16.2. The molecule has 0 N–H and O–H groups in total. The van der Waals surface area contributed by atoms with Gasteiger partial charge < -0.3 is 14.7 Å². The molecule has 3 fully saturated rings. The van der Waals surface area contributed by atoms with Gasteiger partial charge in [0.15, 0.2) is 0 Å². The summed E-state index contributed by atoms with van der Waals surface area (Å²) >= 11 is 0. The minimum Gasteiger partial charge on any atom is -0.350 e. The number of nitrogens with zero attached hydrogens (tertiary/aromatic N) is 5. The lowest BCUT2D eigenvalue weighted by Crippen LogP contribution is -2.49. The molecule has 142 valence electrons. The second kappa shape index (κ2) is 7.51. The van der Waals surface area contributed by atoms with Crippen LogP contribution in [0.4, 0.5) is 5.82 Å². The van der Waals surface area contributed by atoms with Crippen LogP contribution in [0, 0.1) is 12.8 Å². The third-order valence-corrected chi connectivity index (χ3v) is 6.19. The van der Waals surface area contributed by atoms with Crippen LogP contribution >= 0.6 is 0 Å². The van der Waals surface area contributed by atoms with E-state index in [1.807, 2.05) is 18.9 Å². The molecule has 6 nitrogen and oxygen atoms in total. The molecule has 2 saturated heterocycles.